The van der Waals surface area contributed by atoms with Crippen LogP contribution in [0, 0.1) is 5.82 Å². The first-order chi connectivity index (χ1) is 9.25. The smallest absolute Gasteiger partial charge is 0.141 e. The van der Waals surface area contributed by atoms with Crippen LogP contribution in [-0.4, -0.2) is 9.97 Å². The number of hydrogen-bond donors (Lipinski definition) is 2. The highest BCUT2D eigenvalue weighted by Crippen LogP contribution is 2.25. The molecule has 0 saturated carbocycles. The normalized spacial score (nSPS) is 11.4. The van der Waals surface area contributed by atoms with E-state index in [1.165, 1.54) is 12.1 Å². The first-order valence-electron chi connectivity index (χ1n) is 6.13. The number of anilines is 3. The number of nitrogens with one attached hydrogen (secondary N) is 1. The van der Waals surface area contributed by atoms with Crippen LogP contribution in [0.25, 0.3) is 0 Å². The second-order valence-electron chi connectivity index (χ2n) is 5.51. The second kappa shape index (κ2) is 5.25. The molecule has 3 N–H and O–H groups in total. The maximum absolute atomic E-state index is 13.1. The van der Waals surface area contributed by atoms with Crippen molar-refractivity contribution in [3.05, 3.63) is 40.9 Å². The molecular weight excluding hydrogens is 279 g/mol. The summed E-state index contributed by atoms with van der Waals surface area (Å²) in [4.78, 5) is 8.63. The van der Waals surface area contributed by atoms with E-state index in [4.69, 9.17) is 17.3 Å². The first kappa shape index (κ1) is 14.5. The van der Waals surface area contributed by atoms with Gasteiger partial charge >= 0.3 is 0 Å². The molecule has 2 aromatic rings. The van der Waals surface area contributed by atoms with E-state index in [1.54, 1.807) is 12.1 Å². The maximum atomic E-state index is 13.1. The summed E-state index contributed by atoms with van der Waals surface area (Å²) in [7, 11) is 0. The van der Waals surface area contributed by atoms with Gasteiger partial charge in [-0.1, -0.05) is 32.4 Å². The molecule has 20 heavy (non-hydrogen) atoms. The van der Waals surface area contributed by atoms with Gasteiger partial charge in [0.05, 0.1) is 5.02 Å². The standard InChI is InChI=1S/C14H16ClFN4/c1-14(2,3)13-19-11(17)7-12(20-13)18-8-4-5-10(16)9(15)6-8/h4-7H,1-3H3,(H3,17,18,19,20). The first-order valence-corrected chi connectivity index (χ1v) is 6.50. The largest absolute Gasteiger partial charge is 0.384 e. The van der Waals surface area contributed by atoms with E-state index >= 15 is 0 Å². The number of hydrogen-bond acceptors (Lipinski definition) is 4. The van der Waals surface area contributed by atoms with Crippen LogP contribution in [0.5, 0.6) is 0 Å². The van der Waals surface area contributed by atoms with Gasteiger partial charge in [-0.05, 0) is 18.2 Å². The lowest BCUT2D eigenvalue weighted by Gasteiger charge is -2.18. The fourth-order valence-electron chi connectivity index (χ4n) is 1.59. The summed E-state index contributed by atoms with van der Waals surface area (Å²) in [6.07, 6.45) is 0. The van der Waals surface area contributed by atoms with Crippen molar-refractivity contribution in [1.29, 1.82) is 0 Å². The number of halogens is 2. The molecule has 0 bridgehead atoms. The number of nitrogens with two attached hydrogens (primary N) is 1. The zero-order chi connectivity index (χ0) is 14.9. The molecule has 0 unspecified atom stereocenters. The van der Waals surface area contributed by atoms with Crippen molar-refractivity contribution in [3.8, 4) is 0 Å². The van der Waals surface area contributed by atoms with Crippen molar-refractivity contribution in [1.82, 2.24) is 9.97 Å². The Morgan fingerprint density at radius 1 is 1.20 bits per heavy atom. The van der Waals surface area contributed by atoms with Crippen molar-refractivity contribution in [3.63, 3.8) is 0 Å². The van der Waals surface area contributed by atoms with E-state index in [0.717, 1.165) is 0 Å². The van der Waals surface area contributed by atoms with Crippen LogP contribution in [0.3, 0.4) is 0 Å². The lowest BCUT2D eigenvalue weighted by atomic mass is 9.96. The quantitative estimate of drug-likeness (QED) is 0.882. The van der Waals surface area contributed by atoms with Crippen molar-refractivity contribution < 1.29 is 4.39 Å². The van der Waals surface area contributed by atoms with Gasteiger partial charge < -0.3 is 11.1 Å². The van der Waals surface area contributed by atoms with Crippen LogP contribution in [0.1, 0.15) is 26.6 Å². The molecule has 106 valence electrons. The highest BCUT2D eigenvalue weighted by molar-refractivity contribution is 6.31. The zero-order valence-electron chi connectivity index (χ0n) is 11.5. The van der Waals surface area contributed by atoms with Gasteiger partial charge in [-0.25, -0.2) is 14.4 Å². The average molecular weight is 295 g/mol. The number of nitrogen functional groups attached to an aromatic ring is 1. The summed E-state index contributed by atoms with van der Waals surface area (Å²) in [5.41, 5.74) is 6.20. The predicted molar refractivity (Wildman–Crippen MR) is 79.8 cm³/mol. The minimum Gasteiger partial charge on any atom is -0.384 e. The second-order valence-corrected chi connectivity index (χ2v) is 5.91. The molecule has 6 heteroatoms. The van der Waals surface area contributed by atoms with Crippen LogP contribution >= 0.6 is 11.6 Å². The lowest BCUT2D eigenvalue weighted by molar-refractivity contribution is 0.547. The van der Waals surface area contributed by atoms with Crippen molar-refractivity contribution in [2.45, 2.75) is 26.2 Å². The fraction of sp³-hybridized carbons (Fsp3) is 0.286. The third-order valence-electron chi connectivity index (χ3n) is 2.61. The molecule has 0 radical (unpaired) electrons. The molecule has 0 spiro atoms. The van der Waals surface area contributed by atoms with Gasteiger partial charge in [0.15, 0.2) is 0 Å². The SMILES string of the molecule is CC(C)(C)c1nc(N)cc(Nc2ccc(F)c(Cl)c2)n1. The van der Waals surface area contributed by atoms with Gasteiger partial charge in [-0.3, -0.25) is 0 Å². The van der Waals surface area contributed by atoms with Crippen LogP contribution in [0.15, 0.2) is 24.3 Å². The van der Waals surface area contributed by atoms with Crippen molar-refractivity contribution >= 4 is 28.9 Å². The zero-order valence-corrected chi connectivity index (χ0v) is 12.3. The lowest BCUT2D eigenvalue weighted by Crippen LogP contribution is -2.17. The number of aromatic nitrogens is 2. The Hall–Kier alpha value is -1.88. The van der Waals surface area contributed by atoms with E-state index in [2.05, 4.69) is 15.3 Å². The van der Waals surface area contributed by atoms with E-state index in [9.17, 15) is 4.39 Å². The number of nitrogens with zero attached hydrogens (tertiary/aromatic N) is 2. The van der Waals surface area contributed by atoms with Gasteiger partial charge in [0, 0.05) is 17.2 Å². The third-order valence-corrected chi connectivity index (χ3v) is 2.90. The van der Waals surface area contributed by atoms with Crippen LogP contribution in [0.2, 0.25) is 5.02 Å². The summed E-state index contributed by atoms with van der Waals surface area (Å²) in [6, 6.07) is 5.98. The van der Waals surface area contributed by atoms with Crippen molar-refractivity contribution in [2.75, 3.05) is 11.1 Å². The minimum absolute atomic E-state index is 0.0491. The van der Waals surface area contributed by atoms with Crippen molar-refractivity contribution in [2.24, 2.45) is 0 Å². The molecule has 0 aliphatic rings. The molecular formula is C14H16ClFN4. The summed E-state index contributed by atoms with van der Waals surface area (Å²) < 4.78 is 13.1. The Balaban J connectivity index is 2.33. The predicted octanol–water partition coefficient (Wildman–Crippen LogP) is 3.89. The number of rotatable bonds is 2. The maximum Gasteiger partial charge on any atom is 0.141 e. The monoisotopic (exact) mass is 294 g/mol. The summed E-state index contributed by atoms with van der Waals surface area (Å²) in [5, 5.41) is 3.09. The van der Waals surface area contributed by atoms with Gasteiger partial charge in [0.2, 0.25) is 0 Å². The highest BCUT2D eigenvalue weighted by Gasteiger charge is 2.18. The molecule has 1 heterocycles. The topological polar surface area (TPSA) is 63.8 Å². The van der Waals surface area contributed by atoms with E-state index < -0.39 is 5.82 Å². The Morgan fingerprint density at radius 3 is 2.50 bits per heavy atom. The Morgan fingerprint density at radius 2 is 1.90 bits per heavy atom. The molecule has 0 aliphatic heterocycles. The molecule has 0 amide bonds. The van der Waals surface area contributed by atoms with E-state index in [1.807, 2.05) is 20.8 Å². The molecule has 1 aromatic carbocycles. The van der Waals surface area contributed by atoms with Gasteiger partial charge in [0.25, 0.3) is 0 Å². The fourth-order valence-corrected chi connectivity index (χ4v) is 1.77. The minimum atomic E-state index is -0.463. The molecule has 0 atom stereocenters. The summed E-state index contributed by atoms with van der Waals surface area (Å²) in [5.74, 6) is 1.09. The van der Waals surface area contributed by atoms with E-state index in [0.29, 0.717) is 23.1 Å². The van der Waals surface area contributed by atoms with Gasteiger partial charge in [-0.2, -0.15) is 0 Å². The Bertz CT molecular complexity index is 638. The number of benzene rings is 1. The summed E-state index contributed by atoms with van der Waals surface area (Å²) >= 11 is 5.74. The van der Waals surface area contributed by atoms with Crippen LogP contribution in [0.4, 0.5) is 21.7 Å². The van der Waals surface area contributed by atoms with Crippen LogP contribution < -0.4 is 11.1 Å². The molecule has 4 nitrogen and oxygen atoms in total. The highest BCUT2D eigenvalue weighted by atomic mass is 35.5. The Labute approximate surface area is 122 Å². The summed E-state index contributed by atoms with van der Waals surface area (Å²) in [6.45, 7) is 6.00. The van der Waals surface area contributed by atoms with E-state index in [-0.39, 0.29) is 10.4 Å². The molecule has 1 aromatic heterocycles. The van der Waals surface area contributed by atoms with Gasteiger partial charge in [0.1, 0.15) is 23.3 Å². The molecule has 0 fully saturated rings. The molecule has 2 rings (SSSR count). The molecule has 0 aliphatic carbocycles. The van der Waals surface area contributed by atoms with Crippen LogP contribution in [-0.2, 0) is 5.41 Å². The third kappa shape index (κ3) is 3.36. The molecule has 0 saturated heterocycles. The Kier molecular flexibility index (Phi) is 3.81. The van der Waals surface area contributed by atoms with Gasteiger partial charge in [-0.15, -0.1) is 0 Å². The average Bonchev–Trinajstić information content (AvgIpc) is 2.32.